The summed E-state index contributed by atoms with van der Waals surface area (Å²) < 4.78 is 15.4. The summed E-state index contributed by atoms with van der Waals surface area (Å²) >= 11 is 7.33. The summed E-state index contributed by atoms with van der Waals surface area (Å²) in [5.41, 5.74) is 5.98. The standard InChI is InChI=1S/C11H12ClFN4S/c1-17-10(5-14)15-16-11(17)18-6-7-8(12)3-2-4-9(7)13/h2-4H,5-6,14H2,1H3. The lowest BCUT2D eigenvalue weighted by Crippen LogP contribution is -2.05. The third-order valence-corrected chi connectivity index (χ3v) is 3.92. The van der Waals surface area contributed by atoms with Crippen LogP contribution in [0.15, 0.2) is 23.4 Å². The largest absolute Gasteiger partial charge is 0.324 e. The molecule has 2 aromatic rings. The van der Waals surface area contributed by atoms with Gasteiger partial charge in [0.25, 0.3) is 0 Å². The fraction of sp³-hybridized carbons (Fsp3) is 0.273. The lowest BCUT2D eigenvalue weighted by Gasteiger charge is -2.05. The van der Waals surface area contributed by atoms with Crippen LogP contribution in [0.3, 0.4) is 0 Å². The van der Waals surface area contributed by atoms with Crippen molar-refractivity contribution in [2.24, 2.45) is 12.8 Å². The van der Waals surface area contributed by atoms with E-state index in [4.69, 9.17) is 17.3 Å². The summed E-state index contributed by atoms with van der Waals surface area (Å²) in [4.78, 5) is 0. The highest BCUT2D eigenvalue weighted by molar-refractivity contribution is 7.98. The molecule has 0 amide bonds. The van der Waals surface area contributed by atoms with E-state index in [1.165, 1.54) is 17.8 Å². The molecule has 4 nitrogen and oxygen atoms in total. The van der Waals surface area contributed by atoms with Crippen LogP contribution in [0.25, 0.3) is 0 Å². The van der Waals surface area contributed by atoms with Gasteiger partial charge in [-0.15, -0.1) is 10.2 Å². The van der Waals surface area contributed by atoms with Gasteiger partial charge >= 0.3 is 0 Å². The number of hydrogen-bond acceptors (Lipinski definition) is 4. The zero-order chi connectivity index (χ0) is 13.1. The zero-order valence-corrected chi connectivity index (χ0v) is 11.3. The van der Waals surface area contributed by atoms with Crippen molar-refractivity contribution in [1.29, 1.82) is 0 Å². The topological polar surface area (TPSA) is 56.7 Å². The molecule has 0 bridgehead atoms. The zero-order valence-electron chi connectivity index (χ0n) is 9.73. The summed E-state index contributed by atoms with van der Waals surface area (Å²) in [7, 11) is 1.83. The Morgan fingerprint density at radius 3 is 2.83 bits per heavy atom. The number of thioether (sulfide) groups is 1. The first-order valence-electron chi connectivity index (χ1n) is 5.27. The number of halogens is 2. The molecule has 0 fully saturated rings. The van der Waals surface area contributed by atoms with E-state index >= 15 is 0 Å². The molecular weight excluding hydrogens is 275 g/mol. The van der Waals surface area contributed by atoms with Gasteiger partial charge in [0.05, 0.1) is 6.54 Å². The van der Waals surface area contributed by atoms with Crippen LogP contribution in [0, 0.1) is 5.82 Å². The first-order chi connectivity index (χ1) is 8.63. The lowest BCUT2D eigenvalue weighted by molar-refractivity contribution is 0.617. The van der Waals surface area contributed by atoms with Gasteiger partial charge in [-0.1, -0.05) is 29.4 Å². The molecule has 0 saturated heterocycles. The highest BCUT2D eigenvalue weighted by Gasteiger charge is 2.11. The van der Waals surface area contributed by atoms with Crippen LogP contribution < -0.4 is 5.73 Å². The van der Waals surface area contributed by atoms with Gasteiger partial charge in [0.15, 0.2) is 5.16 Å². The molecule has 18 heavy (non-hydrogen) atoms. The molecule has 1 heterocycles. The van der Waals surface area contributed by atoms with Gasteiger partial charge in [0.1, 0.15) is 11.6 Å². The van der Waals surface area contributed by atoms with E-state index in [-0.39, 0.29) is 5.82 Å². The number of nitrogens with zero attached hydrogens (tertiary/aromatic N) is 3. The Kier molecular flexibility index (Phi) is 4.21. The highest BCUT2D eigenvalue weighted by Crippen LogP contribution is 2.27. The quantitative estimate of drug-likeness (QED) is 0.877. The van der Waals surface area contributed by atoms with Gasteiger partial charge in [-0.3, -0.25) is 0 Å². The van der Waals surface area contributed by atoms with E-state index < -0.39 is 0 Å². The number of benzene rings is 1. The molecule has 0 atom stereocenters. The Bertz CT molecular complexity index is 538. The molecule has 1 aromatic heterocycles. The summed E-state index contributed by atoms with van der Waals surface area (Å²) in [6.45, 7) is 0.324. The molecule has 0 spiro atoms. The molecule has 96 valence electrons. The molecule has 2 N–H and O–H groups in total. The molecule has 1 aromatic carbocycles. The maximum absolute atomic E-state index is 13.6. The Morgan fingerprint density at radius 1 is 1.44 bits per heavy atom. The second-order valence-electron chi connectivity index (χ2n) is 3.65. The van der Waals surface area contributed by atoms with E-state index in [0.29, 0.717) is 33.9 Å². The van der Waals surface area contributed by atoms with Crippen LogP contribution in [0.2, 0.25) is 5.02 Å². The number of hydrogen-bond donors (Lipinski definition) is 1. The van der Waals surface area contributed by atoms with Gasteiger partial charge in [0, 0.05) is 23.4 Å². The van der Waals surface area contributed by atoms with Crippen LogP contribution >= 0.6 is 23.4 Å². The first-order valence-corrected chi connectivity index (χ1v) is 6.64. The monoisotopic (exact) mass is 286 g/mol. The molecule has 0 unspecified atom stereocenters. The predicted octanol–water partition coefficient (Wildman–Crippen LogP) is 2.36. The van der Waals surface area contributed by atoms with Gasteiger partial charge < -0.3 is 10.3 Å². The maximum atomic E-state index is 13.6. The first kappa shape index (κ1) is 13.3. The average Bonchev–Trinajstić information content (AvgIpc) is 2.70. The van der Waals surface area contributed by atoms with E-state index in [1.54, 1.807) is 16.7 Å². The second-order valence-corrected chi connectivity index (χ2v) is 5.00. The fourth-order valence-electron chi connectivity index (χ4n) is 1.46. The minimum absolute atomic E-state index is 0.309. The van der Waals surface area contributed by atoms with Crippen LogP contribution in [0.1, 0.15) is 11.4 Å². The van der Waals surface area contributed by atoms with E-state index in [1.807, 2.05) is 7.05 Å². The van der Waals surface area contributed by atoms with Gasteiger partial charge in [-0.25, -0.2) is 4.39 Å². The van der Waals surface area contributed by atoms with Crippen LogP contribution in [-0.2, 0) is 19.3 Å². The van der Waals surface area contributed by atoms with E-state index in [2.05, 4.69) is 10.2 Å². The Morgan fingerprint density at radius 2 is 2.22 bits per heavy atom. The molecule has 2 rings (SSSR count). The highest BCUT2D eigenvalue weighted by atomic mass is 35.5. The fourth-order valence-corrected chi connectivity index (χ4v) is 2.73. The number of aromatic nitrogens is 3. The number of nitrogens with two attached hydrogens (primary N) is 1. The second kappa shape index (κ2) is 5.69. The maximum Gasteiger partial charge on any atom is 0.191 e. The Hall–Kier alpha value is -1.11. The van der Waals surface area contributed by atoms with Gasteiger partial charge in [-0.05, 0) is 12.1 Å². The van der Waals surface area contributed by atoms with E-state index in [0.717, 1.165) is 0 Å². The summed E-state index contributed by atoms with van der Waals surface area (Å²) in [5, 5.41) is 9.03. The molecular formula is C11H12ClFN4S. The van der Waals surface area contributed by atoms with Crippen molar-refractivity contribution in [2.45, 2.75) is 17.5 Å². The van der Waals surface area contributed by atoms with Gasteiger partial charge in [-0.2, -0.15) is 0 Å². The van der Waals surface area contributed by atoms with Crippen molar-refractivity contribution < 1.29 is 4.39 Å². The SMILES string of the molecule is Cn1c(CN)nnc1SCc1c(F)cccc1Cl. The third kappa shape index (κ3) is 2.66. The van der Waals surface area contributed by atoms with E-state index in [9.17, 15) is 4.39 Å². The lowest BCUT2D eigenvalue weighted by atomic mass is 10.2. The van der Waals surface area contributed by atoms with Crippen molar-refractivity contribution in [3.05, 3.63) is 40.4 Å². The van der Waals surface area contributed by atoms with Crippen molar-refractivity contribution in [3.8, 4) is 0 Å². The molecule has 7 heteroatoms. The van der Waals surface area contributed by atoms with Crippen LogP contribution in [-0.4, -0.2) is 14.8 Å². The van der Waals surface area contributed by atoms with Crippen molar-refractivity contribution >= 4 is 23.4 Å². The minimum Gasteiger partial charge on any atom is -0.324 e. The van der Waals surface area contributed by atoms with Crippen LogP contribution in [0.5, 0.6) is 0 Å². The third-order valence-electron chi connectivity index (χ3n) is 2.51. The molecule has 0 aliphatic rings. The van der Waals surface area contributed by atoms with Crippen LogP contribution in [0.4, 0.5) is 4.39 Å². The molecule has 0 aliphatic heterocycles. The summed E-state index contributed by atoms with van der Waals surface area (Å²) in [5.74, 6) is 0.788. The molecule has 0 aliphatic carbocycles. The summed E-state index contributed by atoms with van der Waals surface area (Å²) in [6.07, 6.45) is 0. The van der Waals surface area contributed by atoms with Crippen molar-refractivity contribution in [2.75, 3.05) is 0 Å². The normalized spacial score (nSPS) is 10.9. The Balaban J connectivity index is 2.14. The average molecular weight is 287 g/mol. The molecule has 0 saturated carbocycles. The minimum atomic E-state index is -0.309. The molecule has 0 radical (unpaired) electrons. The van der Waals surface area contributed by atoms with Gasteiger partial charge in [0.2, 0.25) is 0 Å². The smallest absolute Gasteiger partial charge is 0.191 e. The predicted molar refractivity (Wildman–Crippen MR) is 69.9 cm³/mol. The van der Waals surface area contributed by atoms with Crippen molar-refractivity contribution in [1.82, 2.24) is 14.8 Å². The number of rotatable bonds is 4. The summed E-state index contributed by atoms with van der Waals surface area (Å²) in [6, 6.07) is 4.65. The Labute approximate surface area is 113 Å². The van der Waals surface area contributed by atoms with Crippen molar-refractivity contribution in [3.63, 3.8) is 0 Å².